The molecular formula is C7H11F4N3O. The van der Waals surface area contributed by atoms with Gasteiger partial charge in [0.1, 0.15) is 0 Å². The highest BCUT2D eigenvalue weighted by molar-refractivity contribution is 5.73. The lowest BCUT2D eigenvalue weighted by atomic mass is 9.98. The van der Waals surface area contributed by atoms with Crippen LogP contribution in [0.5, 0.6) is 0 Å². The Morgan fingerprint density at radius 2 is 1.53 bits per heavy atom. The normalized spacial score (nSPS) is 21.1. The second-order valence-corrected chi connectivity index (χ2v) is 3.45. The zero-order valence-electron chi connectivity index (χ0n) is 8.09. The van der Waals surface area contributed by atoms with Crippen LogP contribution in [0.4, 0.5) is 17.9 Å². The summed E-state index contributed by atoms with van der Waals surface area (Å²) < 4.78 is 49.5. The first-order valence-corrected chi connectivity index (χ1v) is 4.39. The predicted molar refractivity (Wildman–Crippen MR) is 42.3 cm³/mol. The van der Waals surface area contributed by atoms with Crippen molar-refractivity contribution in [1.82, 2.24) is 15.6 Å². The largest absolute Gasteiger partial charge is 0.343 e. The minimum atomic E-state index is -2.55. The molecule has 0 aromatic carbocycles. The van der Waals surface area contributed by atoms with Gasteiger partial charge in [-0.3, -0.25) is 4.79 Å². The molecule has 0 aromatic heterocycles. The molecule has 4 nitrogen and oxygen atoms in total. The fourth-order valence-corrected chi connectivity index (χ4v) is 1.57. The second kappa shape index (κ2) is 4.31. The van der Waals surface area contributed by atoms with Crippen molar-refractivity contribution < 1.29 is 22.7 Å². The van der Waals surface area contributed by atoms with Gasteiger partial charge in [0.05, 0.1) is 0 Å². The van der Waals surface area contributed by atoms with Gasteiger partial charge in [-0.15, -0.1) is 0 Å². The molecule has 1 amide bonds. The molecule has 0 radical (unpaired) electrons. The van der Waals surface area contributed by atoms with Crippen molar-refractivity contribution in [3.8, 4) is 0 Å². The summed E-state index contributed by atoms with van der Waals surface area (Å²) in [5, 5.41) is -2.96. The van der Waals surface area contributed by atoms with Gasteiger partial charge in [0.2, 0.25) is 5.91 Å². The van der Waals surface area contributed by atoms with E-state index in [1.165, 1.54) is 11.8 Å². The molecule has 0 unspecified atom stereocenters. The molecule has 88 valence electrons. The van der Waals surface area contributed by atoms with E-state index in [0.29, 0.717) is 0 Å². The summed E-state index contributed by atoms with van der Waals surface area (Å²) in [7, 11) is 0. The Morgan fingerprint density at radius 3 is 1.80 bits per heavy atom. The maximum atomic E-state index is 12.4. The maximum Gasteiger partial charge on any atom is 0.219 e. The summed E-state index contributed by atoms with van der Waals surface area (Å²) in [4.78, 5) is 12.1. The second-order valence-electron chi connectivity index (χ2n) is 3.45. The molecule has 0 aliphatic carbocycles. The van der Waals surface area contributed by atoms with Gasteiger partial charge in [-0.05, 0) is 0 Å². The van der Waals surface area contributed by atoms with Crippen LogP contribution >= 0.6 is 0 Å². The molecule has 0 bridgehead atoms. The maximum absolute atomic E-state index is 12.4. The highest BCUT2D eigenvalue weighted by Gasteiger charge is 2.49. The minimum absolute atomic E-state index is 0.0932. The van der Waals surface area contributed by atoms with Crippen LogP contribution in [-0.2, 0) is 4.79 Å². The number of piperidine rings is 1. The van der Waals surface area contributed by atoms with Gasteiger partial charge in [0.25, 0.3) is 0 Å². The number of rotatable bonds is 2. The molecule has 15 heavy (non-hydrogen) atoms. The van der Waals surface area contributed by atoms with Gasteiger partial charge in [-0.1, -0.05) is 17.9 Å². The summed E-state index contributed by atoms with van der Waals surface area (Å²) >= 11 is 0. The monoisotopic (exact) mass is 229 g/mol. The van der Waals surface area contributed by atoms with Gasteiger partial charge in [-0.25, -0.2) is 0 Å². The molecule has 1 heterocycles. The number of halogens is 4. The van der Waals surface area contributed by atoms with Crippen LogP contribution in [0.2, 0.25) is 0 Å². The van der Waals surface area contributed by atoms with E-state index >= 15 is 0 Å². The molecule has 0 N–H and O–H groups in total. The lowest BCUT2D eigenvalue weighted by Crippen LogP contribution is -2.56. The number of carbonyl (C=O) groups excluding carboxylic acids is 1. The van der Waals surface area contributed by atoms with Crippen LogP contribution in [-0.4, -0.2) is 40.2 Å². The molecule has 1 rings (SSSR count). The fraction of sp³-hybridized carbons (Fsp3) is 0.857. The van der Waals surface area contributed by atoms with E-state index in [2.05, 4.69) is 0 Å². The zero-order chi connectivity index (χ0) is 11.6. The summed E-state index contributed by atoms with van der Waals surface area (Å²) in [6.07, 6.45) is -0.959. The summed E-state index contributed by atoms with van der Waals surface area (Å²) in [5.74, 6) is -0.294. The highest BCUT2D eigenvalue weighted by atomic mass is 19.4. The van der Waals surface area contributed by atoms with Gasteiger partial charge < -0.3 is 4.90 Å². The van der Waals surface area contributed by atoms with E-state index in [0.717, 1.165) is 0 Å². The average Bonchev–Trinajstić information content (AvgIpc) is 2.17. The van der Waals surface area contributed by atoms with Crippen molar-refractivity contribution in [3.63, 3.8) is 0 Å². The predicted octanol–water partition coefficient (Wildman–Crippen LogP) is 1.47. The molecular weight excluding hydrogens is 218 g/mol. The van der Waals surface area contributed by atoms with Gasteiger partial charge in [0, 0.05) is 43.5 Å². The SMILES string of the molecule is CC(=O)N1CCC(N(F)F)(N(F)F)CC1. The third kappa shape index (κ3) is 2.20. The third-order valence-corrected chi connectivity index (χ3v) is 2.64. The lowest BCUT2D eigenvalue weighted by Gasteiger charge is -2.39. The van der Waals surface area contributed by atoms with Crippen molar-refractivity contribution in [3.05, 3.63) is 0 Å². The van der Waals surface area contributed by atoms with Crippen molar-refractivity contribution in [2.24, 2.45) is 0 Å². The summed E-state index contributed by atoms with van der Waals surface area (Å²) in [6.45, 7) is 1.09. The van der Waals surface area contributed by atoms with E-state index in [1.807, 2.05) is 0 Å². The van der Waals surface area contributed by atoms with Crippen LogP contribution in [0.25, 0.3) is 0 Å². The van der Waals surface area contributed by atoms with E-state index in [4.69, 9.17) is 0 Å². The Hall–Kier alpha value is -0.890. The molecule has 0 atom stereocenters. The Balaban J connectivity index is 2.70. The van der Waals surface area contributed by atoms with Crippen molar-refractivity contribution in [2.75, 3.05) is 13.1 Å². The van der Waals surface area contributed by atoms with Gasteiger partial charge in [0.15, 0.2) is 5.66 Å². The van der Waals surface area contributed by atoms with Gasteiger partial charge in [-0.2, -0.15) is 0 Å². The molecule has 0 saturated carbocycles. The Bertz CT molecular complexity index is 230. The molecule has 1 fully saturated rings. The van der Waals surface area contributed by atoms with E-state index in [1.54, 1.807) is 0 Å². The number of carbonyl (C=O) groups is 1. The first kappa shape index (κ1) is 12.2. The average molecular weight is 229 g/mol. The number of likely N-dealkylation sites (tertiary alicyclic amines) is 1. The highest BCUT2D eigenvalue weighted by Crippen LogP contribution is 2.34. The van der Waals surface area contributed by atoms with E-state index < -0.39 is 29.2 Å². The molecule has 1 aliphatic rings. The van der Waals surface area contributed by atoms with Crippen LogP contribution < -0.4 is 0 Å². The van der Waals surface area contributed by atoms with Crippen LogP contribution in [0.1, 0.15) is 19.8 Å². The van der Waals surface area contributed by atoms with Crippen LogP contribution in [0, 0.1) is 0 Å². The smallest absolute Gasteiger partial charge is 0.219 e. The zero-order valence-corrected chi connectivity index (χ0v) is 8.09. The standard InChI is InChI=1S/C7H11F4N3O/c1-6(15)12-4-2-7(3-5-12,13(8)9)14(10)11/h2-5H2,1H3. The Labute approximate surface area is 83.8 Å². The van der Waals surface area contributed by atoms with Crippen LogP contribution in [0.3, 0.4) is 0 Å². The quantitative estimate of drug-likeness (QED) is 0.407. The van der Waals surface area contributed by atoms with Crippen molar-refractivity contribution >= 4 is 5.91 Å². The molecule has 1 saturated heterocycles. The van der Waals surface area contributed by atoms with Crippen molar-refractivity contribution in [2.45, 2.75) is 25.4 Å². The number of hydrogen-bond donors (Lipinski definition) is 0. The Kier molecular flexibility index (Phi) is 3.50. The van der Waals surface area contributed by atoms with Gasteiger partial charge >= 0.3 is 0 Å². The Morgan fingerprint density at radius 1 is 1.13 bits per heavy atom. The molecule has 1 aliphatic heterocycles. The minimum Gasteiger partial charge on any atom is -0.343 e. The molecule has 8 heteroatoms. The van der Waals surface area contributed by atoms with E-state index in [9.17, 15) is 22.7 Å². The third-order valence-electron chi connectivity index (χ3n) is 2.64. The number of hydrogen-bond acceptors (Lipinski definition) is 3. The summed E-state index contributed by atoms with van der Waals surface area (Å²) in [5.41, 5.74) is -2.55. The topological polar surface area (TPSA) is 26.8 Å². The first-order chi connectivity index (χ1) is 6.90. The molecule has 0 aromatic rings. The fourth-order valence-electron chi connectivity index (χ4n) is 1.57. The number of nitrogens with zero attached hydrogens (tertiary/aromatic N) is 3. The molecule has 0 spiro atoms. The number of amides is 1. The first-order valence-electron chi connectivity index (χ1n) is 4.39. The van der Waals surface area contributed by atoms with E-state index in [-0.39, 0.29) is 19.0 Å². The summed E-state index contributed by atoms with van der Waals surface area (Å²) in [6, 6.07) is 0. The van der Waals surface area contributed by atoms with Crippen LogP contribution in [0.15, 0.2) is 0 Å². The van der Waals surface area contributed by atoms with Crippen molar-refractivity contribution in [1.29, 1.82) is 0 Å². The lowest BCUT2D eigenvalue weighted by molar-refractivity contribution is -0.380.